The molecule has 1 unspecified atom stereocenters. The summed E-state index contributed by atoms with van der Waals surface area (Å²) in [5.41, 5.74) is 6.71. The third-order valence-corrected chi connectivity index (χ3v) is 2.59. The molecule has 94 valence electrons. The molecule has 0 spiro atoms. The summed E-state index contributed by atoms with van der Waals surface area (Å²) in [5.74, 6) is -0.635. The second-order valence-electron chi connectivity index (χ2n) is 4.11. The molecule has 0 saturated carbocycles. The lowest BCUT2D eigenvalue weighted by molar-refractivity contribution is 0.382. The van der Waals surface area contributed by atoms with Crippen LogP contribution < -0.4 is 5.73 Å². The molecule has 0 aliphatic carbocycles. The number of alkyl halides is 1. The van der Waals surface area contributed by atoms with E-state index in [0.29, 0.717) is 11.4 Å². The number of nitrogens with two attached hydrogens (primary N) is 1. The van der Waals surface area contributed by atoms with E-state index >= 15 is 0 Å². The van der Waals surface area contributed by atoms with Crippen molar-refractivity contribution in [3.63, 3.8) is 0 Å². The van der Waals surface area contributed by atoms with Crippen LogP contribution in [0, 0.1) is 19.7 Å². The van der Waals surface area contributed by atoms with E-state index in [1.165, 1.54) is 18.2 Å². The van der Waals surface area contributed by atoms with E-state index in [2.05, 4.69) is 9.97 Å². The number of nitrogen functional groups attached to an aromatic ring is 1. The number of benzene rings is 1. The van der Waals surface area contributed by atoms with Crippen molar-refractivity contribution in [1.29, 1.82) is 0 Å². The van der Waals surface area contributed by atoms with Crippen LogP contribution in [0.25, 0.3) is 0 Å². The molecule has 0 amide bonds. The number of rotatable bonds is 2. The van der Waals surface area contributed by atoms with Crippen LogP contribution in [0.15, 0.2) is 24.3 Å². The third-order valence-electron chi connectivity index (χ3n) is 2.59. The minimum Gasteiger partial charge on any atom is -0.396 e. The molecule has 1 atom stereocenters. The molecule has 2 aromatic rings. The average Bonchev–Trinajstić information content (AvgIpc) is 2.30. The zero-order chi connectivity index (χ0) is 13.3. The summed E-state index contributed by atoms with van der Waals surface area (Å²) in [6, 6.07) is 5.78. The van der Waals surface area contributed by atoms with E-state index in [1.54, 1.807) is 19.9 Å². The van der Waals surface area contributed by atoms with Crippen LogP contribution in [0.3, 0.4) is 0 Å². The molecule has 0 bridgehead atoms. The maximum absolute atomic E-state index is 14.3. The fourth-order valence-electron chi connectivity index (χ4n) is 1.78. The quantitative estimate of drug-likeness (QED) is 0.832. The molecule has 5 heteroatoms. The smallest absolute Gasteiger partial charge is 0.187 e. The zero-order valence-corrected chi connectivity index (χ0v) is 10.1. The van der Waals surface area contributed by atoms with Gasteiger partial charge in [0.1, 0.15) is 5.82 Å². The zero-order valence-electron chi connectivity index (χ0n) is 10.1. The van der Waals surface area contributed by atoms with Crippen molar-refractivity contribution < 1.29 is 8.78 Å². The van der Waals surface area contributed by atoms with Gasteiger partial charge in [0.25, 0.3) is 0 Å². The lowest BCUT2D eigenvalue weighted by Crippen LogP contribution is -2.07. The third kappa shape index (κ3) is 2.30. The number of anilines is 1. The predicted octanol–water partition coefficient (Wildman–Crippen LogP) is 2.87. The number of hydrogen-bond acceptors (Lipinski definition) is 3. The molecule has 2 rings (SSSR count). The molecule has 1 aromatic heterocycles. The molecule has 0 aliphatic rings. The fourth-order valence-corrected chi connectivity index (χ4v) is 1.78. The topological polar surface area (TPSA) is 51.8 Å². The molecular weight excluding hydrogens is 236 g/mol. The van der Waals surface area contributed by atoms with Crippen molar-refractivity contribution in [2.75, 3.05) is 5.73 Å². The molecule has 2 N–H and O–H groups in total. The highest BCUT2D eigenvalue weighted by Gasteiger charge is 2.20. The van der Waals surface area contributed by atoms with Gasteiger partial charge in [0.2, 0.25) is 0 Å². The van der Waals surface area contributed by atoms with Gasteiger partial charge < -0.3 is 5.73 Å². The highest BCUT2D eigenvalue weighted by atomic mass is 19.1. The van der Waals surface area contributed by atoms with Gasteiger partial charge in [-0.25, -0.2) is 18.7 Å². The Morgan fingerprint density at radius 3 is 2.39 bits per heavy atom. The van der Waals surface area contributed by atoms with Crippen LogP contribution in [0.1, 0.15) is 28.9 Å². The van der Waals surface area contributed by atoms with Crippen LogP contribution >= 0.6 is 0 Å². The first-order valence-corrected chi connectivity index (χ1v) is 5.49. The Hall–Kier alpha value is -2.04. The number of hydrogen-bond donors (Lipinski definition) is 1. The number of aryl methyl sites for hydroxylation is 2. The predicted molar refractivity (Wildman–Crippen MR) is 65.3 cm³/mol. The first-order chi connectivity index (χ1) is 8.49. The monoisotopic (exact) mass is 249 g/mol. The average molecular weight is 249 g/mol. The second-order valence-corrected chi connectivity index (χ2v) is 4.11. The molecule has 0 fully saturated rings. The Bertz CT molecular complexity index is 564. The highest BCUT2D eigenvalue weighted by molar-refractivity contribution is 5.50. The number of para-hydroxylation sites is 1. The van der Waals surface area contributed by atoms with Crippen LogP contribution in [0.2, 0.25) is 0 Å². The van der Waals surface area contributed by atoms with Gasteiger partial charge in [-0.3, -0.25) is 0 Å². The lowest BCUT2D eigenvalue weighted by atomic mass is 10.1. The molecule has 1 aromatic carbocycles. The van der Waals surface area contributed by atoms with Crippen LogP contribution in [-0.4, -0.2) is 9.97 Å². The Morgan fingerprint density at radius 2 is 1.78 bits per heavy atom. The number of aromatic nitrogens is 2. The first-order valence-electron chi connectivity index (χ1n) is 5.49. The SMILES string of the molecule is Cc1cc(C)nc(C(F)c2cccc(F)c2N)n1. The van der Waals surface area contributed by atoms with Crippen LogP contribution in [-0.2, 0) is 0 Å². The summed E-state index contributed by atoms with van der Waals surface area (Å²) in [6.45, 7) is 3.50. The Morgan fingerprint density at radius 1 is 1.17 bits per heavy atom. The fraction of sp³-hybridized carbons (Fsp3) is 0.231. The maximum Gasteiger partial charge on any atom is 0.187 e. The highest BCUT2D eigenvalue weighted by Crippen LogP contribution is 2.29. The summed E-state index contributed by atoms with van der Waals surface area (Å²) in [7, 11) is 0. The van der Waals surface area contributed by atoms with Crippen LogP contribution in [0.4, 0.5) is 14.5 Å². The normalized spacial score (nSPS) is 12.4. The molecular formula is C13H13F2N3. The second kappa shape index (κ2) is 4.68. The van der Waals surface area contributed by atoms with Gasteiger partial charge >= 0.3 is 0 Å². The minimum absolute atomic E-state index is 0.00444. The number of nitrogens with zero attached hydrogens (tertiary/aromatic N) is 2. The van der Waals surface area contributed by atoms with Gasteiger partial charge in [-0.05, 0) is 26.0 Å². The largest absolute Gasteiger partial charge is 0.396 e. The standard InChI is InChI=1S/C13H13F2N3/c1-7-6-8(2)18-13(17-7)11(15)9-4-3-5-10(14)12(9)16/h3-6,11H,16H2,1-2H3. The molecule has 1 heterocycles. The molecule has 0 radical (unpaired) electrons. The van der Waals surface area contributed by atoms with Gasteiger partial charge in [0.05, 0.1) is 5.69 Å². The maximum atomic E-state index is 14.3. The van der Waals surface area contributed by atoms with Gasteiger partial charge in [-0.1, -0.05) is 12.1 Å². The van der Waals surface area contributed by atoms with Gasteiger partial charge in [-0.2, -0.15) is 0 Å². The van der Waals surface area contributed by atoms with E-state index in [-0.39, 0.29) is 17.1 Å². The number of halogens is 2. The summed E-state index contributed by atoms with van der Waals surface area (Å²) in [6.07, 6.45) is -1.63. The molecule has 0 aliphatic heterocycles. The van der Waals surface area contributed by atoms with E-state index in [1.807, 2.05) is 0 Å². The molecule has 18 heavy (non-hydrogen) atoms. The summed E-state index contributed by atoms with van der Waals surface area (Å²) < 4.78 is 27.6. The summed E-state index contributed by atoms with van der Waals surface area (Å²) in [4.78, 5) is 8.03. The lowest BCUT2D eigenvalue weighted by Gasteiger charge is -2.11. The van der Waals surface area contributed by atoms with Gasteiger partial charge in [-0.15, -0.1) is 0 Å². The van der Waals surface area contributed by atoms with Crippen molar-refractivity contribution in [2.24, 2.45) is 0 Å². The van der Waals surface area contributed by atoms with E-state index < -0.39 is 12.0 Å². The van der Waals surface area contributed by atoms with Gasteiger partial charge in [0, 0.05) is 17.0 Å². The van der Waals surface area contributed by atoms with Crippen molar-refractivity contribution in [2.45, 2.75) is 20.0 Å². The molecule has 3 nitrogen and oxygen atoms in total. The van der Waals surface area contributed by atoms with E-state index in [9.17, 15) is 8.78 Å². The van der Waals surface area contributed by atoms with Crippen molar-refractivity contribution in [1.82, 2.24) is 9.97 Å². The Balaban J connectivity index is 2.47. The molecule has 0 saturated heterocycles. The van der Waals surface area contributed by atoms with E-state index in [0.717, 1.165) is 0 Å². The van der Waals surface area contributed by atoms with E-state index in [4.69, 9.17) is 5.73 Å². The van der Waals surface area contributed by atoms with Crippen LogP contribution in [0.5, 0.6) is 0 Å². The summed E-state index contributed by atoms with van der Waals surface area (Å²) >= 11 is 0. The summed E-state index contributed by atoms with van der Waals surface area (Å²) in [5, 5.41) is 0. The first kappa shape index (κ1) is 12.4. The van der Waals surface area contributed by atoms with Crippen molar-refractivity contribution in [3.8, 4) is 0 Å². The van der Waals surface area contributed by atoms with Crippen molar-refractivity contribution in [3.05, 3.63) is 52.9 Å². The van der Waals surface area contributed by atoms with Gasteiger partial charge in [0.15, 0.2) is 12.0 Å². The Kier molecular flexibility index (Phi) is 3.23. The Labute approximate surface area is 104 Å². The minimum atomic E-state index is -1.63. The van der Waals surface area contributed by atoms with Crippen molar-refractivity contribution >= 4 is 5.69 Å².